The zero-order valence-electron chi connectivity index (χ0n) is 24.8. The third-order valence-corrected chi connectivity index (χ3v) is 9.22. The molecule has 0 radical (unpaired) electrons. The van der Waals surface area contributed by atoms with Crippen molar-refractivity contribution in [1.29, 1.82) is 0 Å². The summed E-state index contributed by atoms with van der Waals surface area (Å²) in [6.45, 7) is 14.5. The molecule has 1 amide bonds. The normalized spacial score (nSPS) is 22.6. The first kappa shape index (κ1) is 30.2. The molecule has 1 aromatic heterocycles. The summed E-state index contributed by atoms with van der Waals surface area (Å²) in [6, 6.07) is 4.04. The molecule has 3 aliphatic heterocycles. The second-order valence-corrected chi connectivity index (χ2v) is 12.1. The fourth-order valence-corrected chi connectivity index (χ4v) is 6.85. The molecule has 9 nitrogen and oxygen atoms in total. The third kappa shape index (κ3) is 5.27. The maximum Gasteiger partial charge on any atom is 0.350 e. The zero-order chi connectivity index (χ0) is 31.3. The number of aromatic nitrogens is 2. The van der Waals surface area contributed by atoms with Crippen molar-refractivity contribution in [2.24, 2.45) is 0 Å². The lowest BCUT2D eigenvalue weighted by Crippen LogP contribution is -2.58. The van der Waals surface area contributed by atoms with E-state index in [4.69, 9.17) is 16.3 Å². The smallest absolute Gasteiger partial charge is 0.350 e. The summed E-state index contributed by atoms with van der Waals surface area (Å²) in [5.41, 5.74) is 0.315. The average Bonchev–Trinajstić information content (AvgIpc) is 3.00. The molecule has 0 unspecified atom stereocenters. The van der Waals surface area contributed by atoms with Crippen LogP contribution in [0.3, 0.4) is 0 Å². The van der Waals surface area contributed by atoms with Gasteiger partial charge in [-0.05, 0) is 38.2 Å². The molecule has 0 saturated carbocycles. The van der Waals surface area contributed by atoms with Crippen LogP contribution in [0, 0.1) is 11.6 Å². The second kappa shape index (κ2) is 11.9. The Morgan fingerprint density at radius 1 is 1.16 bits per heavy atom. The Bertz CT molecular complexity index is 1710. The lowest BCUT2D eigenvalue weighted by atomic mass is 9.99. The number of hydrogen-bond acceptors (Lipinski definition) is 7. The summed E-state index contributed by atoms with van der Waals surface area (Å²) in [4.78, 5) is 39.5. The number of likely N-dealkylation sites (N-methyl/N-ethyl adjacent to an activating group) is 1. The number of nitrogens with zero attached hydrogens (tertiary/aromatic N) is 6. The van der Waals surface area contributed by atoms with E-state index in [1.807, 2.05) is 11.8 Å². The Labute approximate surface area is 259 Å². The molecule has 2 aromatic carbocycles. The van der Waals surface area contributed by atoms with Gasteiger partial charge in [0.25, 0.3) is 0 Å². The van der Waals surface area contributed by atoms with Gasteiger partial charge in [-0.2, -0.15) is 4.98 Å². The number of anilines is 1. The van der Waals surface area contributed by atoms with E-state index in [0.717, 1.165) is 38.3 Å². The number of carbonyl (C=O) groups excluding carboxylic acids is 1. The summed E-state index contributed by atoms with van der Waals surface area (Å²) < 4.78 is 37.1. The number of ether oxygens (including phenoxy) is 1. The number of benzene rings is 2. The number of piperazine rings is 2. The van der Waals surface area contributed by atoms with Crippen molar-refractivity contribution in [1.82, 2.24) is 24.3 Å². The first-order valence-electron chi connectivity index (χ1n) is 14.7. The summed E-state index contributed by atoms with van der Waals surface area (Å²) in [5.74, 6) is -1.07. The van der Waals surface area contributed by atoms with E-state index in [9.17, 15) is 14.0 Å². The van der Waals surface area contributed by atoms with Crippen molar-refractivity contribution in [3.8, 4) is 16.9 Å². The molecule has 4 heterocycles. The van der Waals surface area contributed by atoms with Gasteiger partial charge in [-0.25, -0.2) is 13.6 Å². The maximum atomic E-state index is 15.2. The Morgan fingerprint density at radius 2 is 1.91 bits per heavy atom. The van der Waals surface area contributed by atoms with Gasteiger partial charge in [-0.3, -0.25) is 14.3 Å². The number of halogens is 3. The highest BCUT2D eigenvalue weighted by molar-refractivity contribution is 6.35. The van der Waals surface area contributed by atoms with E-state index < -0.39 is 17.3 Å². The minimum Gasteiger partial charge on any atom is -0.488 e. The van der Waals surface area contributed by atoms with E-state index in [1.54, 1.807) is 21.6 Å². The van der Waals surface area contributed by atoms with E-state index in [-0.39, 0.29) is 52.5 Å². The predicted molar refractivity (Wildman–Crippen MR) is 168 cm³/mol. The average molecular weight is 625 g/mol. The van der Waals surface area contributed by atoms with Gasteiger partial charge in [-0.15, -0.1) is 6.58 Å². The van der Waals surface area contributed by atoms with Crippen LogP contribution in [-0.2, 0) is 4.79 Å². The van der Waals surface area contributed by atoms with Crippen LogP contribution in [0.5, 0.6) is 5.75 Å². The second-order valence-electron chi connectivity index (χ2n) is 11.7. The molecule has 44 heavy (non-hydrogen) atoms. The van der Waals surface area contributed by atoms with Crippen molar-refractivity contribution in [3.63, 3.8) is 0 Å². The molecule has 3 aliphatic rings. The van der Waals surface area contributed by atoms with Gasteiger partial charge in [0.2, 0.25) is 5.91 Å². The van der Waals surface area contributed by atoms with E-state index in [0.29, 0.717) is 36.4 Å². The maximum absolute atomic E-state index is 15.2. The topological polar surface area (TPSA) is 74.1 Å². The lowest BCUT2D eigenvalue weighted by Gasteiger charge is -2.45. The molecule has 0 spiro atoms. The van der Waals surface area contributed by atoms with Crippen LogP contribution >= 0.6 is 11.6 Å². The van der Waals surface area contributed by atoms with Gasteiger partial charge in [-0.1, -0.05) is 24.3 Å². The SMILES string of the molecule is C=CC(=O)N1C[C@H](C)N(c2nc(=O)n3c4c(c(-c5ccc(F)cc5F)c(Cl)cc24)OC[C@H]3CN2CCN(C)CC2)C[C@H]1C=C. The minimum atomic E-state index is -0.792. The van der Waals surface area contributed by atoms with Crippen molar-refractivity contribution in [2.45, 2.75) is 25.0 Å². The Balaban J connectivity index is 1.53. The van der Waals surface area contributed by atoms with Crippen LogP contribution in [0.1, 0.15) is 13.0 Å². The summed E-state index contributed by atoms with van der Waals surface area (Å²) in [7, 11) is 2.08. The first-order valence-corrected chi connectivity index (χ1v) is 15.1. The van der Waals surface area contributed by atoms with Gasteiger partial charge < -0.3 is 19.4 Å². The molecule has 3 atom stereocenters. The number of carbonyl (C=O) groups is 1. The van der Waals surface area contributed by atoms with Crippen molar-refractivity contribution >= 4 is 34.2 Å². The Morgan fingerprint density at radius 3 is 2.59 bits per heavy atom. The van der Waals surface area contributed by atoms with Crippen LogP contribution in [0.15, 0.2) is 54.4 Å². The zero-order valence-corrected chi connectivity index (χ0v) is 25.6. The van der Waals surface area contributed by atoms with E-state index >= 15 is 4.39 Å². The highest BCUT2D eigenvalue weighted by atomic mass is 35.5. The van der Waals surface area contributed by atoms with Gasteiger partial charge in [0.15, 0.2) is 5.75 Å². The van der Waals surface area contributed by atoms with Gasteiger partial charge in [0, 0.05) is 74.4 Å². The van der Waals surface area contributed by atoms with Gasteiger partial charge in [0.1, 0.15) is 24.1 Å². The Kier molecular flexibility index (Phi) is 8.21. The van der Waals surface area contributed by atoms with Crippen LogP contribution in [-0.4, -0.2) is 102 Å². The van der Waals surface area contributed by atoms with E-state index in [1.165, 1.54) is 12.1 Å². The predicted octanol–water partition coefficient (Wildman–Crippen LogP) is 3.95. The van der Waals surface area contributed by atoms with Crippen LogP contribution in [0.4, 0.5) is 14.6 Å². The van der Waals surface area contributed by atoms with E-state index in [2.05, 4.69) is 35.0 Å². The van der Waals surface area contributed by atoms with Crippen LogP contribution in [0.2, 0.25) is 5.02 Å². The number of hydrogen-bond donors (Lipinski definition) is 0. The molecule has 232 valence electrons. The molecule has 2 fully saturated rings. The monoisotopic (exact) mass is 624 g/mol. The molecule has 3 aromatic rings. The van der Waals surface area contributed by atoms with Crippen molar-refractivity contribution < 1.29 is 18.3 Å². The van der Waals surface area contributed by atoms with Crippen molar-refractivity contribution in [3.05, 3.63) is 76.7 Å². The molecule has 0 bridgehead atoms. The van der Waals surface area contributed by atoms with Crippen molar-refractivity contribution in [2.75, 3.05) is 64.4 Å². The summed E-state index contributed by atoms with van der Waals surface area (Å²) >= 11 is 6.87. The third-order valence-electron chi connectivity index (χ3n) is 8.93. The molecule has 2 saturated heterocycles. The molecule has 0 aliphatic carbocycles. The first-order chi connectivity index (χ1) is 21.1. The highest BCUT2D eigenvalue weighted by Crippen LogP contribution is 2.47. The Hall–Kier alpha value is -3.80. The fourth-order valence-electron chi connectivity index (χ4n) is 6.55. The molecular weight excluding hydrogens is 590 g/mol. The largest absolute Gasteiger partial charge is 0.488 e. The quantitative estimate of drug-likeness (QED) is 0.304. The van der Waals surface area contributed by atoms with Gasteiger partial charge in [0.05, 0.1) is 22.6 Å². The molecule has 0 N–H and O–H groups in total. The van der Waals surface area contributed by atoms with Gasteiger partial charge >= 0.3 is 5.69 Å². The summed E-state index contributed by atoms with van der Waals surface area (Å²) in [6.07, 6.45) is 2.97. The fraction of sp³-hybridized carbons (Fsp3) is 0.406. The number of rotatable bonds is 6. The molecular formula is C32H35ClF2N6O3. The number of amides is 1. The molecule has 6 rings (SSSR count). The standard InChI is InChI=1S/C32H35ClF2N6O3/c1-5-21-17-39(19(3)15-40(21)27(42)6-2)31-24-14-25(33)28(23-8-7-20(34)13-26(23)35)30-29(24)41(32(43)36-31)22(18-44-30)16-38-11-9-37(4)10-12-38/h5-8,13-14,19,21-22H,1-2,9-12,15-18H2,3-4H3/t19-,21+,22+/m0/s1. The highest BCUT2D eigenvalue weighted by Gasteiger charge is 2.37. The van der Waals surface area contributed by atoms with Crippen LogP contribution in [0.25, 0.3) is 22.0 Å². The molecule has 12 heteroatoms. The minimum absolute atomic E-state index is 0.0693. The van der Waals surface area contributed by atoms with Crippen LogP contribution < -0.4 is 15.3 Å². The summed E-state index contributed by atoms with van der Waals surface area (Å²) in [5, 5.41) is 0.745. The lowest BCUT2D eigenvalue weighted by molar-refractivity contribution is -0.128.